The molecule has 0 saturated heterocycles. The van der Waals surface area contributed by atoms with Crippen LogP contribution in [0.5, 0.6) is 0 Å². The van der Waals surface area contributed by atoms with Crippen molar-refractivity contribution >= 4 is 11.6 Å². The molecule has 3 nitrogen and oxygen atoms in total. The molecule has 1 rings (SSSR count). The molecule has 0 amide bonds. The first-order chi connectivity index (χ1) is 8.67. The third-order valence-electron chi connectivity index (χ3n) is 3.28. The summed E-state index contributed by atoms with van der Waals surface area (Å²) in [5.74, 6) is 0. The van der Waals surface area contributed by atoms with E-state index >= 15 is 0 Å². The lowest BCUT2D eigenvalue weighted by atomic mass is 9.85. The van der Waals surface area contributed by atoms with Crippen molar-refractivity contribution in [3.63, 3.8) is 0 Å². The zero-order chi connectivity index (χ0) is 14.7. The summed E-state index contributed by atoms with van der Waals surface area (Å²) in [6, 6.07) is 0. The molecule has 0 spiro atoms. The zero-order valence-electron chi connectivity index (χ0n) is 13.2. The van der Waals surface area contributed by atoms with Gasteiger partial charge in [-0.05, 0) is 40.2 Å². The molecule has 0 fully saturated rings. The molecule has 4 heteroatoms. The van der Waals surface area contributed by atoms with E-state index in [1.54, 1.807) is 6.20 Å². The molecule has 0 bridgehead atoms. The van der Waals surface area contributed by atoms with Crippen LogP contribution >= 0.6 is 11.6 Å². The predicted molar refractivity (Wildman–Crippen MR) is 82.9 cm³/mol. The summed E-state index contributed by atoms with van der Waals surface area (Å²) in [7, 11) is 0. The average molecular weight is 286 g/mol. The van der Waals surface area contributed by atoms with Crippen LogP contribution in [0.15, 0.2) is 6.20 Å². The van der Waals surface area contributed by atoms with Gasteiger partial charge in [0.1, 0.15) is 0 Å². The van der Waals surface area contributed by atoms with Crippen molar-refractivity contribution in [2.75, 3.05) is 6.54 Å². The molecule has 0 aliphatic carbocycles. The summed E-state index contributed by atoms with van der Waals surface area (Å²) in [5.41, 5.74) is 1.34. The SMILES string of the molecule is CCCn1ncc(Cl)c1C(C)(C)CCNC(C)(C)C. The molecule has 0 atom stereocenters. The fourth-order valence-corrected chi connectivity index (χ4v) is 2.68. The first-order valence-corrected chi connectivity index (χ1v) is 7.52. The van der Waals surface area contributed by atoms with E-state index in [1.807, 2.05) is 0 Å². The molecule has 0 radical (unpaired) electrons. The molecule has 0 saturated carbocycles. The number of nitrogens with zero attached hydrogens (tertiary/aromatic N) is 2. The Morgan fingerprint density at radius 2 is 1.89 bits per heavy atom. The van der Waals surface area contributed by atoms with Gasteiger partial charge in [-0.2, -0.15) is 5.10 Å². The van der Waals surface area contributed by atoms with E-state index in [9.17, 15) is 0 Å². The fraction of sp³-hybridized carbons (Fsp3) is 0.800. The molecule has 19 heavy (non-hydrogen) atoms. The van der Waals surface area contributed by atoms with Crippen LogP contribution in [0, 0.1) is 0 Å². The molecule has 1 N–H and O–H groups in total. The molecule has 1 aromatic heterocycles. The highest BCUT2D eigenvalue weighted by Crippen LogP contribution is 2.32. The minimum absolute atomic E-state index is 0.0288. The van der Waals surface area contributed by atoms with E-state index in [2.05, 4.69) is 56.6 Å². The maximum atomic E-state index is 6.33. The van der Waals surface area contributed by atoms with Crippen LogP contribution in [-0.4, -0.2) is 21.9 Å². The highest BCUT2D eigenvalue weighted by molar-refractivity contribution is 6.31. The number of aryl methyl sites for hydroxylation is 1. The van der Waals surface area contributed by atoms with Crippen molar-refractivity contribution in [1.82, 2.24) is 15.1 Å². The molecule has 1 heterocycles. The monoisotopic (exact) mass is 285 g/mol. The van der Waals surface area contributed by atoms with Crippen LogP contribution in [0.3, 0.4) is 0 Å². The number of hydrogen-bond donors (Lipinski definition) is 1. The third kappa shape index (κ3) is 4.81. The van der Waals surface area contributed by atoms with Crippen molar-refractivity contribution in [3.05, 3.63) is 16.9 Å². The Morgan fingerprint density at radius 3 is 2.42 bits per heavy atom. The number of nitrogens with one attached hydrogen (secondary N) is 1. The van der Waals surface area contributed by atoms with Gasteiger partial charge in [-0.1, -0.05) is 32.4 Å². The normalized spacial score (nSPS) is 13.0. The summed E-state index contributed by atoms with van der Waals surface area (Å²) in [6.45, 7) is 15.1. The molecule has 0 aromatic carbocycles. The summed E-state index contributed by atoms with van der Waals surface area (Å²) in [4.78, 5) is 0. The topological polar surface area (TPSA) is 29.9 Å². The van der Waals surface area contributed by atoms with Gasteiger partial charge in [0, 0.05) is 17.5 Å². The van der Waals surface area contributed by atoms with Gasteiger partial charge in [0.15, 0.2) is 0 Å². The quantitative estimate of drug-likeness (QED) is 0.856. The second-order valence-electron chi connectivity index (χ2n) is 6.87. The van der Waals surface area contributed by atoms with Gasteiger partial charge < -0.3 is 5.32 Å². The second-order valence-corrected chi connectivity index (χ2v) is 7.28. The number of rotatable bonds is 6. The molecular formula is C15H28ClN3. The highest BCUT2D eigenvalue weighted by Gasteiger charge is 2.28. The van der Waals surface area contributed by atoms with Gasteiger partial charge in [-0.15, -0.1) is 0 Å². The first kappa shape index (κ1) is 16.5. The second kappa shape index (κ2) is 6.27. The van der Waals surface area contributed by atoms with E-state index in [4.69, 9.17) is 11.6 Å². The largest absolute Gasteiger partial charge is 0.312 e. The Kier molecular flexibility index (Phi) is 5.45. The number of aromatic nitrogens is 2. The van der Waals surface area contributed by atoms with Crippen LogP contribution in [0.4, 0.5) is 0 Å². The lowest BCUT2D eigenvalue weighted by Crippen LogP contribution is -2.39. The fourth-order valence-electron chi connectivity index (χ4n) is 2.28. The van der Waals surface area contributed by atoms with Gasteiger partial charge >= 0.3 is 0 Å². The van der Waals surface area contributed by atoms with Gasteiger partial charge in [-0.25, -0.2) is 0 Å². The van der Waals surface area contributed by atoms with Crippen LogP contribution in [-0.2, 0) is 12.0 Å². The van der Waals surface area contributed by atoms with E-state index in [-0.39, 0.29) is 11.0 Å². The van der Waals surface area contributed by atoms with Crippen LogP contribution < -0.4 is 5.32 Å². The Balaban J connectivity index is 2.78. The summed E-state index contributed by atoms with van der Waals surface area (Å²) < 4.78 is 2.05. The van der Waals surface area contributed by atoms with Gasteiger partial charge in [-0.3, -0.25) is 4.68 Å². The number of hydrogen-bond acceptors (Lipinski definition) is 2. The van der Waals surface area contributed by atoms with Gasteiger partial charge in [0.25, 0.3) is 0 Å². The summed E-state index contributed by atoms with van der Waals surface area (Å²) in [6.07, 6.45) is 3.88. The van der Waals surface area contributed by atoms with Crippen molar-refractivity contribution in [2.24, 2.45) is 0 Å². The first-order valence-electron chi connectivity index (χ1n) is 7.14. The Morgan fingerprint density at radius 1 is 1.26 bits per heavy atom. The molecular weight excluding hydrogens is 258 g/mol. The van der Waals surface area contributed by atoms with Crippen molar-refractivity contribution in [2.45, 2.75) is 71.9 Å². The lowest BCUT2D eigenvalue weighted by Gasteiger charge is -2.29. The Bertz CT molecular complexity index is 402. The molecule has 0 aliphatic heterocycles. The Hall–Kier alpha value is -0.540. The summed E-state index contributed by atoms with van der Waals surface area (Å²) >= 11 is 6.33. The molecule has 0 unspecified atom stereocenters. The van der Waals surface area contributed by atoms with Crippen molar-refractivity contribution in [3.8, 4) is 0 Å². The van der Waals surface area contributed by atoms with Gasteiger partial charge in [0.05, 0.1) is 16.9 Å². The van der Waals surface area contributed by atoms with E-state index in [0.717, 1.165) is 36.6 Å². The summed E-state index contributed by atoms with van der Waals surface area (Å²) in [5, 5.41) is 8.72. The predicted octanol–water partition coefficient (Wildman–Crippen LogP) is 4.00. The maximum absolute atomic E-state index is 6.33. The molecule has 0 aliphatic rings. The lowest BCUT2D eigenvalue weighted by molar-refractivity contribution is 0.363. The zero-order valence-corrected chi connectivity index (χ0v) is 13.9. The van der Waals surface area contributed by atoms with Crippen LogP contribution in [0.1, 0.15) is 60.1 Å². The standard InChI is InChI=1S/C15H28ClN3/c1-7-10-19-13(12(16)11-18-19)15(5,6)8-9-17-14(2,3)4/h11,17H,7-10H2,1-6H3. The molecule has 1 aromatic rings. The number of halogens is 1. The van der Waals surface area contributed by atoms with Crippen molar-refractivity contribution in [1.29, 1.82) is 0 Å². The van der Waals surface area contributed by atoms with E-state index in [1.165, 1.54) is 0 Å². The smallest absolute Gasteiger partial charge is 0.0823 e. The third-order valence-corrected chi connectivity index (χ3v) is 3.55. The maximum Gasteiger partial charge on any atom is 0.0823 e. The molecule has 110 valence electrons. The average Bonchev–Trinajstić information content (AvgIpc) is 2.58. The minimum atomic E-state index is 0.0288. The van der Waals surface area contributed by atoms with Crippen LogP contribution in [0.25, 0.3) is 0 Å². The van der Waals surface area contributed by atoms with Gasteiger partial charge in [0.2, 0.25) is 0 Å². The van der Waals surface area contributed by atoms with E-state index in [0.29, 0.717) is 0 Å². The Labute approximate surface area is 122 Å². The van der Waals surface area contributed by atoms with E-state index < -0.39 is 0 Å². The highest BCUT2D eigenvalue weighted by atomic mass is 35.5. The minimum Gasteiger partial charge on any atom is -0.312 e. The van der Waals surface area contributed by atoms with Crippen LogP contribution in [0.2, 0.25) is 5.02 Å². The van der Waals surface area contributed by atoms with Crippen molar-refractivity contribution < 1.29 is 0 Å².